The number of esters is 1. The van der Waals surface area contributed by atoms with E-state index in [2.05, 4.69) is 21.9 Å². The topological polar surface area (TPSA) is 76.4 Å². The molecule has 1 heterocycles. The third kappa shape index (κ3) is 2.25. The predicted molar refractivity (Wildman–Crippen MR) is 72.9 cm³/mol. The first kappa shape index (κ1) is 12.3. The number of anilines is 3. The molecule has 0 bridgehead atoms. The van der Waals surface area contributed by atoms with Crippen molar-refractivity contribution in [3.8, 4) is 0 Å². The fraction of sp³-hybridized carbons (Fsp3) is 0.308. The molecule has 1 aliphatic heterocycles. The second-order valence-corrected chi connectivity index (χ2v) is 4.23. The van der Waals surface area contributed by atoms with Crippen molar-refractivity contribution in [1.82, 2.24) is 0 Å². The predicted octanol–water partition coefficient (Wildman–Crippen LogP) is 1.84. The van der Waals surface area contributed by atoms with Gasteiger partial charge in [0, 0.05) is 12.6 Å². The molecule has 96 valence electrons. The summed E-state index contributed by atoms with van der Waals surface area (Å²) in [7, 11) is 1.35. The van der Waals surface area contributed by atoms with E-state index in [1.165, 1.54) is 7.11 Å². The van der Waals surface area contributed by atoms with Crippen molar-refractivity contribution in [2.75, 3.05) is 30.0 Å². The number of carbonyl (C=O) groups excluding carboxylic acids is 1. The molecule has 18 heavy (non-hydrogen) atoms. The second kappa shape index (κ2) is 5.00. The lowest BCUT2D eigenvalue weighted by Gasteiger charge is -2.29. The van der Waals surface area contributed by atoms with E-state index in [1.54, 1.807) is 12.1 Å². The average molecular weight is 247 g/mol. The standard InChI is InChI=1S/C13H17N3O2/c1-3-4-9-7-15-11-6-8(13(17)18-2)5-10(14)12(11)16-9/h3,5-6,9,15-16H,1,4,7,14H2,2H3/t9-/m0/s1. The van der Waals surface area contributed by atoms with Crippen LogP contribution >= 0.6 is 0 Å². The molecule has 0 amide bonds. The van der Waals surface area contributed by atoms with E-state index in [4.69, 9.17) is 5.73 Å². The first-order chi connectivity index (χ1) is 8.65. The molecular weight excluding hydrogens is 230 g/mol. The molecule has 4 N–H and O–H groups in total. The number of fused-ring (bicyclic) bond motifs is 1. The Balaban J connectivity index is 2.31. The van der Waals surface area contributed by atoms with E-state index < -0.39 is 0 Å². The molecule has 1 aromatic carbocycles. The Hall–Kier alpha value is -2.17. The van der Waals surface area contributed by atoms with Crippen molar-refractivity contribution in [3.05, 3.63) is 30.4 Å². The summed E-state index contributed by atoms with van der Waals surface area (Å²) in [6.07, 6.45) is 2.72. The van der Waals surface area contributed by atoms with Crippen LogP contribution in [0.15, 0.2) is 24.8 Å². The summed E-state index contributed by atoms with van der Waals surface area (Å²) in [4.78, 5) is 11.5. The monoisotopic (exact) mass is 247 g/mol. The van der Waals surface area contributed by atoms with Gasteiger partial charge in [-0.2, -0.15) is 0 Å². The van der Waals surface area contributed by atoms with Crippen LogP contribution < -0.4 is 16.4 Å². The molecule has 2 rings (SSSR count). The minimum atomic E-state index is -0.389. The zero-order valence-corrected chi connectivity index (χ0v) is 10.3. The maximum atomic E-state index is 11.5. The Bertz CT molecular complexity index is 485. The van der Waals surface area contributed by atoms with Crippen LogP contribution in [0.25, 0.3) is 0 Å². The molecule has 0 aliphatic carbocycles. The van der Waals surface area contributed by atoms with Crippen LogP contribution in [0.5, 0.6) is 0 Å². The van der Waals surface area contributed by atoms with E-state index in [9.17, 15) is 4.79 Å². The van der Waals surface area contributed by atoms with Gasteiger partial charge in [0.25, 0.3) is 0 Å². The first-order valence-corrected chi connectivity index (χ1v) is 5.79. The fourth-order valence-corrected chi connectivity index (χ4v) is 2.03. The molecule has 1 aliphatic rings. The van der Waals surface area contributed by atoms with E-state index in [0.717, 1.165) is 24.3 Å². The van der Waals surface area contributed by atoms with Crippen LogP contribution in [-0.4, -0.2) is 25.7 Å². The highest BCUT2D eigenvalue weighted by atomic mass is 16.5. The Morgan fingerprint density at radius 2 is 2.44 bits per heavy atom. The number of hydrogen-bond donors (Lipinski definition) is 3. The van der Waals surface area contributed by atoms with Gasteiger partial charge in [0.05, 0.1) is 29.7 Å². The summed E-state index contributed by atoms with van der Waals surface area (Å²) < 4.78 is 4.69. The zero-order valence-electron chi connectivity index (χ0n) is 10.3. The maximum absolute atomic E-state index is 11.5. The molecular formula is C13H17N3O2. The van der Waals surface area contributed by atoms with Crippen molar-refractivity contribution >= 4 is 23.0 Å². The van der Waals surface area contributed by atoms with Gasteiger partial charge in [-0.05, 0) is 18.6 Å². The second-order valence-electron chi connectivity index (χ2n) is 4.23. The lowest BCUT2D eigenvalue weighted by atomic mass is 10.1. The average Bonchev–Trinajstić information content (AvgIpc) is 2.38. The molecule has 0 unspecified atom stereocenters. The number of nitrogens with one attached hydrogen (secondary N) is 2. The minimum absolute atomic E-state index is 0.265. The largest absolute Gasteiger partial charge is 0.465 e. The Morgan fingerprint density at radius 3 is 3.11 bits per heavy atom. The highest BCUT2D eigenvalue weighted by Gasteiger charge is 2.20. The van der Waals surface area contributed by atoms with Gasteiger partial charge in [-0.25, -0.2) is 4.79 Å². The lowest BCUT2D eigenvalue weighted by Crippen LogP contribution is -2.33. The van der Waals surface area contributed by atoms with Crippen LogP contribution in [0, 0.1) is 0 Å². The quantitative estimate of drug-likeness (QED) is 0.431. The lowest BCUT2D eigenvalue weighted by molar-refractivity contribution is 0.0601. The molecule has 1 atom stereocenters. The Morgan fingerprint density at radius 1 is 1.67 bits per heavy atom. The van der Waals surface area contributed by atoms with Gasteiger partial charge in [-0.1, -0.05) is 6.08 Å². The van der Waals surface area contributed by atoms with E-state index in [1.807, 2.05) is 6.08 Å². The first-order valence-electron chi connectivity index (χ1n) is 5.79. The highest BCUT2D eigenvalue weighted by molar-refractivity contribution is 5.96. The van der Waals surface area contributed by atoms with Crippen LogP contribution in [0.2, 0.25) is 0 Å². The Kier molecular flexibility index (Phi) is 3.41. The number of nitrogen functional groups attached to an aromatic ring is 1. The van der Waals surface area contributed by atoms with Gasteiger partial charge in [-0.3, -0.25) is 0 Å². The SMILES string of the molecule is C=CC[C@H]1CNc2cc(C(=O)OC)cc(N)c2N1. The normalized spacial score (nSPS) is 17.1. The van der Waals surface area contributed by atoms with Gasteiger partial charge >= 0.3 is 5.97 Å². The summed E-state index contributed by atoms with van der Waals surface area (Å²) >= 11 is 0. The van der Waals surface area contributed by atoms with E-state index >= 15 is 0 Å². The van der Waals surface area contributed by atoms with E-state index in [-0.39, 0.29) is 12.0 Å². The summed E-state index contributed by atoms with van der Waals surface area (Å²) in [6.45, 7) is 4.49. The zero-order chi connectivity index (χ0) is 13.1. The van der Waals surface area contributed by atoms with Crippen LogP contribution in [-0.2, 0) is 4.74 Å². The van der Waals surface area contributed by atoms with Gasteiger partial charge in [0.1, 0.15) is 0 Å². The fourth-order valence-electron chi connectivity index (χ4n) is 2.03. The van der Waals surface area contributed by atoms with Crippen LogP contribution in [0.1, 0.15) is 16.8 Å². The molecule has 5 heteroatoms. The third-order valence-electron chi connectivity index (χ3n) is 2.93. The molecule has 0 saturated heterocycles. The van der Waals surface area contributed by atoms with Crippen LogP contribution in [0.3, 0.4) is 0 Å². The van der Waals surface area contributed by atoms with Gasteiger partial charge in [0.2, 0.25) is 0 Å². The van der Waals surface area contributed by atoms with Crippen LogP contribution in [0.4, 0.5) is 17.1 Å². The number of carbonyl (C=O) groups is 1. The summed E-state index contributed by atoms with van der Waals surface area (Å²) in [6, 6.07) is 3.63. The number of rotatable bonds is 3. The van der Waals surface area contributed by atoms with Gasteiger partial charge in [0.15, 0.2) is 0 Å². The van der Waals surface area contributed by atoms with Crippen molar-refractivity contribution in [1.29, 1.82) is 0 Å². The number of benzene rings is 1. The van der Waals surface area contributed by atoms with Crippen molar-refractivity contribution in [2.24, 2.45) is 0 Å². The minimum Gasteiger partial charge on any atom is -0.465 e. The number of nitrogens with two attached hydrogens (primary N) is 1. The maximum Gasteiger partial charge on any atom is 0.338 e. The van der Waals surface area contributed by atoms with Gasteiger partial charge in [-0.15, -0.1) is 6.58 Å². The molecule has 0 fully saturated rings. The van der Waals surface area contributed by atoms with Crippen molar-refractivity contribution in [3.63, 3.8) is 0 Å². The molecule has 0 saturated carbocycles. The summed E-state index contributed by atoms with van der Waals surface area (Å²) in [5.41, 5.74) is 8.61. The van der Waals surface area contributed by atoms with Crippen molar-refractivity contribution < 1.29 is 9.53 Å². The smallest absolute Gasteiger partial charge is 0.338 e. The molecule has 5 nitrogen and oxygen atoms in total. The molecule has 0 aromatic heterocycles. The number of methoxy groups -OCH3 is 1. The summed E-state index contributed by atoms with van der Waals surface area (Å²) in [5.74, 6) is -0.389. The number of ether oxygens (including phenoxy) is 1. The van der Waals surface area contributed by atoms with E-state index in [0.29, 0.717) is 11.3 Å². The third-order valence-corrected chi connectivity index (χ3v) is 2.93. The van der Waals surface area contributed by atoms with Gasteiger partial charge < -0.3 is 21.1 Å². The van der Waals surface area contributed by atoms with Crippen molar-refractivity contribution in [2.45, 2.75) is 12.5 Å². The Labute approximate surface area is 106 Å². The molecule has 0 radical (unpaired) electrons. The number of hydrogen-bond acceptors (Lipinski definition) is 5. The molecule has 0 spiro atoms. The molecule has 1 aromatic rings. The highest BCUT2D eigenvalue weighted by Crippen LogP contribution is 2.34. The summed E-state index contributed by atoms with van der Waals surface area (Å²) in [5, 5.41) is 6.60.